The third-order valence-electron chi connectivity index (χ3n) is 3.61. The van der Waals surface area contributed by atoms with Crippen LogP contribution in [0.2, 0.25) is 0 Å². The van der Waals surface area contributed by atoms with Gasteiger partial charge in [-0.15, -0.1) is 0 Å². The van der Waals surface area contributed by atoms with Crippen LogP contribution in [0.5, 0.6) is 5.75 Å². The Morgan fingerprint density at radius 1 is 0.885 bits per heavy atom. The second kappa shape index (κ2) is 14.1. The quantitative estimate of drug-likeness (QED) is 0.500. The maximum Gasteiger partial charge on any atom is 0.119 e. The number of aliphatic hydroxyl groups excluding tert-OH is 3. The highest BCUT2D eigenvalue weighted by Crippen LogP contribution is 2.08. The topological polar surface area (TPSA) is 69.9 Å². The van der Waals surface area contributed by atoms with Crippen LogP contribution < -0.4 is 4.74 Å². The lowest BCUT2D eigenvalue weighted by Crippen LogP contribution is -2.23. The first-order chi connectivity index (χ1) is 12.6. The molecule has 0 heterocycles. The number of unbranched alkanes of at least 4 members (excludes halogenated alkanes) is 1. The Labute approximate surface area is 156 Å². The molecule has 3 N–H and O–H groups in total. The van der Waals surface area contributed by atoms with Crippen molar-refractivity contribution in [3.05, 3.63) is 78.9 Å². The Balaban J connectivity index is 2.23. The first kappa shape index (κ1) is 21.9. The molecule has 1 aromatic carbocycles. The fourth-order valence-corrected chi connectivity index (χ4v) is 2.09. The fraction of sp³-hybridized carbons (Fsp3) is 0.364. The number of ether oxygens (including phenoxy) is 1. The molecule has 1 aromatic rings. The van der Waals surface area contributed by atoms with Gasteiger partial charge < -0.3 is 20.1 Å². The molecule has 142 valence electrons. The Morgan fingerprint density at radius 3 is 2.15 bits per heavy atom. The predicted octanol–water partition coefficient (Wildman–Crippen LogP) is 3.56. The average molecular weight is 358 g/mol. The van der Waals surface area contributed by atoms with Gasteiger partial charge in [0.15, 0.2) is 0 Å². The zero-order chi connectivity index (χ0) is 19.0. The third-order valence-corrected chi connectivity index (χ3v) is 3.61. The van der Waals surface area contributed by atoms with Crippen LogP contribution in [0, 0.1) is 0 Å². The molecule has 0 radical (unpaired) electrons. The smallest absolute Gasteiger partial charge is 0.119 e. The number of benzene rings is 1. The minimum Gasteiger partial charge on any atom is -0.491 e. The van der Waals surface area contributed by atoms with Crippen molar-refractivity contribution in [2.75, 3.05) is 6.61 Å². The van der Waals surface area contributed by atoms with Gasteiger partial charge >= 0.3 is 0 Å². The van der Waals surface area contributed by atoms with E-state index in [9.17, 15) is 15.3 Å². The van der Waals surface area contributed by atoms with E-state index in [1.165, 1.54) is 0 Å². The number of para-hydroxylation sites is 1. The van der Waals surface area contributed by atoms with Crippen molar-refractivity contribution in [1.29, 1.82) is 0 Å². The van der Waals surface area contributed by atoms with E-state index in [1.54, 1.807) is 42.5 Å². The normalized spacial score (nSPS) is 16.0. The van der Waals surface area contributed by atoms with E-state index < -0.39 is 18.3 Å². The van der Waals surface area contributed by atoms with Gasteiger partial charge in [-0.3, -0.25) is 0 Å². The molecular weight excluding hydrogens is 328 g/mol. The minimum atomic E-state index is -0.838. The predicted molar refractivity (Wildman–Crippen MR) is 106 cm³/mol. The summed E-state index contributed by atoms with van der Waals surface area (Å²) in [6, 6.07) is 9.35. The van der Waals surface area contributed by atoms with Gasteiger partial charge in [-0.25, -0.2) is 0 Å². The first-order valence-corrected chi connectivity index (χ1v) is 9.04. The van der Waals surface area contributed by atoms with Crippen LogP contribution in [0.25, 0.3) is 0 Å². The molecule has 0 saturated heterocycles. The SMILES string of the molecule is CCCC[C@H](O)[C@H](O)/C=C/C=C/C=C\C=C\[C@@H](O)COc1ccccc1. The molecule has 1 rings (SSSR count). The van der Waals surface area contributed by atoms with Gasteiger partial charge in [0.25, 0.3) is 0 Å². The molecule has 0 spiro atoms. The molecule has 0 aliphatic rings. The molecule has 3 atom stereocenters. The Kier molecular flexibility index (Phi) is 11.9. The first-order valence-electron chi connectivity index (χ1n) is 9.04. The summed E-state index contributed by atoms with van der Waals surface area (Å²) in [4.78, 5) is 0. The zero-order valence-electron chi connectivity index (χ0n) is 15.3. The van der Waals surface area contributed by atoms with E-state index in [1.807, 2.05) is 43.3 Å². The lowest BCUT2D eigenvalue weighted by atomic mass is 10.1. The molecule has 0 saturated carbocycles. The van der Waals surface area contributed by atoms with Gasteiger partial charge in [-0.1, -0.05) is 86.6 Å². The summed E-state index contributed by atoms with van der Waals surface area (Å²) in [5.41, 5.74) is 0. The fourth-order valence-electron chi connectivity index (χ4n) is 2.09. The number of aliphatic hydroxyl groups is 3. The van der Waals surface area contributed by atoms with E-state index >= 15 is 0 Å². The van der Waals surface area contributed by atoms with Crippen LogP contribution in [0.3, 0.4) is 0 Å². The van der Waals surface area contributed by atoms with Crippen LogP contribution >= 0.6 is 0 Å². The standard InChI is InChI=1S/C22H30O4/c1-2-3-16-21(24)22(25)17-12-7-5-4-6-9-13-19(23)18-26-20-14-10-8-11-15-20/h4-15,17,19,21-25H,2-3,16,18H2,1H3/b6-4-,7-5+,13-9+,17-12+/t19-,21+,22-/m1/s1. The largest absolute Gasteiger partial charge is 0.491 e. The molecule has 0 aliphatic heterocycles. The molecule has 0 bridgehead atoms. The van der Waals surface area contributed by atoms with Crippen molar-refractivity contribution in [3.63, 3.8) is 0 Å². The van der Waals surface area contributed by atoms with Crippen molar-refractivity contribution in [2.45, 2.75) is 44.5 Å². The lowest BCUT2D eigenvalue weighted by Gasteiger charge is -2.13. The number of hydrogen-bond acceptors (Lipinski definition) is 4. The van der Waals surface area contributed by atoms with E-state index in [0.717, 1.165) is 18.6 Å². The zero-order valence-corrected chi connectivity index (χ0v) is 15.3. The van der Waals surface area contributed by atoms with Gasteiger partial charge in [0.1, 0.15) is 18.5 Å². The highest BCUT2D eigenvalue weighted by molar-refractivity contribution is 5.21. The summed E-state index contributed by atoms with van der Waals surface area (Å²) in [5, 5.41) is 29.2. The van der Waals surface area contributed by atoms with Crippen molar-refractivity contribution < 1.29 is 20.1 Å². The molecule has 4 nitrogen and oxygen atoms in total. The highest BCUT2D eigenvalue weighted by atomic mass is 16.5. The number of hydrogen-bond donors (Lipinski definition) is 3. The van der Waals surface area contributed by atoms with Crippen LogP contribution in [0.1, 0.15) is 26.2 Å². The van der Waals surface area contributed by atoms with E-state index in [4.69, 9.17) is 4.74 Å². The summed E-state index contributed by atoms with van der Waals surface area (Å²) in [6.07, 6.45) is 14.1. The van der Waals surface area contributed by atoms with Gasteiger partial charge in [-0.05, 0) is 18.6 Å². The van der Waals surface area contributed by atoms with Gasteiger partial charge in [0, 0.05) is 0 Å². The molecule has 0 amide bonds. The van der Waals surface area contributed by atoms with E-state index in [-0.39, 0.29) is 6.61 Å². The second-order valence-electron chi connectivity index (χ2n) is 5.93. The Bertz CT molecular complexity index is 575. The van der Waals surface area contributed by atoms with Crippen molar-refractivity contribution in [1.82, 2.24) is 0 Å². The minimum absolute atomic E-state index is 0.200. The average Bonchev–Trinajstić information content (AvgIpc) is 2.67. The highest BCUT2D eigenvalue weighted by Gasteiger charge is 2.11. The number of allylic oxidation sites excluding steroid dienone is 6. The van der Waals surface area contributed by atoms with Crippen molar-refractivity contribution >= 4 is 0 Å². The van der Waals surface area contributed by atoms with Gasteiger partial charge in [0.2, 0.25) is 0 Å². The summed E-state index contributed by atoms with van der Waals surface area (Å²) in [5.74, 6) is 0.729. The molecule has 0 aliphatic carbocycles. The molecular formula is C22H30O4. The molecule has 26 heavy (non-hydrogen) atoms. The monoisotopic (exact) mass is 358 g/mol. The van der Waals surface area contributed by atoms with E-state index in [0.29, 0.717) is 6.42 Å². The van der Waals surface area contributed by atoms with Crippen molar-refractivity contribution in [3.8, 4) is 5.75 Å². The maximum absolute atomic E-state index is 9.80. The number of rotatable bonds is 12. The summed E-state index contributed by atoms with van der Waals surface area (Å²) in [7, 11) is 0. The molecule has 4 heteroatoms. The summed E-state index contributed by atoms with van der Waals surface area (Å²) >= 11 is 0. The summed E-state index contributed by atoms with van der Waals surface area (Å²) < 4.78 is 5.45. The van der Waals surface area contributed by atoms with E-state index in [2.05, 4.69) is 0 Å². The third kappa shape index (κ3) is 10.7. The summed E-state index contributed by atoms with van der Waals surface area (Å²) in [6.45, 7) is 2.25. The van der Waals surface area contributed by atoms with Crippen molar-refractivity contribution in [2.24, 2.45) is 0 Å². The Morgan fingerprint density at radius 2 is 1.50 bits per heavy atom. The molecule has 0 aromatic heterocycles. The van der Waals surface area contributed by atoms with Crippen LogP contribution in [-0.4, -0.2) is 40.2 Å². The maximum atomic E-state index is 9.80. The van der Waals surface area contributed by atoms with Crippen LogP contribution in [0.4, 0.5) is 0 Å². The molecule has 0 fully saturated rings. The molecule has 0 unspecified atom stereocenters. The van der Waals surface area contributed by atoms with Gasteiger partial charge in [0.05, 0.1) is 12.2 Å². The van der Waals surface area contributed by atoms with Crippen LogP contribution in [0.15, 0.2) is 78.9 Å². The lowest BCUT2D eigenvalue weighted by molar-refractivity contribution is 0.0418. The second-order valence-corrected chi connectivity index (χ2v) is 5.93. The Hall–Kier alpha value is -2.14. The van der Waals surface area contributed by atoms with Gasteiger partial charge in [-0.2, -0.15) is 0 Å². The van der Waals surface area contributed by atoms with Crippen LogP contribution in [-0.2, 0) is 0 Å².